The number of amides is 3. The van der Waals surface area contributed by atoms with Crippen LogP contribution < -0.4 is 16.0 Å². The third-order valence-electron chi connectivity index (χ3n) is 9.32. The Hall–Kier alpha value is -5.18. The molecule has 1 aliphatic carbocycles. The highest BCUT2D eigenvalue weighted by Gasteiger charge is 2.77. The van der Waals surface area contributed by atoms with Crippen molar-refractivity contribution in [2.24, 2.45) is 0 Å². The van der Waals surface area contributed by atoms with Crippen LogP contribution >= 0.6 is 0 Å². The number of aliphatic hydroxyl groups excluding tert-OH is 1. The van der Waals surface area contributed by atoms with E-state index in [1.807, 2.05) is 0 Å². The molecule has 4 rings (SSSR count). The van der Waals surface area contributed by atoms with Crippen molar-refractivity contribution >= 4 is 29.6 Å². The summed E-state index contributed by atoms with van der Waals surface area (Å²) in [5, 5.41) is 55.5. The largest absolute Gasteiger partial charge is 0.507 e. The Morgan fingerprint density at radius 1 is 0.940 bits per heavy atom. The molecule has 0 spiro atoms. The predicted molar refractivity (Wildman–Crippen MR) is 183 cm³/mol. The molecule has 0 heterocycles. The number of urea groups is 1. The number of nitrogens with zero attached hydrogens (tertiary/aromatic N) is 1. The van der Waals surface area contributed by atoms with Crippen LogP contribution in [-0.2, 0) is 16.1 Å². The molecule has 3 aromatic carbocycles. The van der Waals surface area contributed by atoms with E-state index in [0.717, 1.165) is 11.8 Å². The molecule has 0 saturated heterocycles. The molecule has 14 heteroatoms. The van der Waals surface area contributed by atoms with Gasteiger partial charge in [-0.05, 0) is 57.0 Å². The molecule has 0 unspecified atom stereocenters. The summed E-state index contributed by atoms with van der Waals surface area (Å²) in [6.45, 7) is 4.18. The van der Waals surface area contributed by atoms with Gasteiger partial charge in [0.05, 0.1) is 18.2 Å². The third-order valence-corrected chi connectivity index (χ3v) is 9.32. The summed E-state index contributed by atoms with van der Waals surface area (Å²) in [5.41, 5.74) is -6.17. The fraction of sp³-hybridized carbons (Fsp3) is 0.389. The normalized spacial score (nSPS) is 24.8. The van der Waals surface area contributed by atoms with Gasteiger partial charge in [-0.1, -0.05) is 54.6 Å². The Morgan fingerprint density at radius 3 is 2.20 bits per heavy atom. The Balaban J connectivity index is 1.87. The van der Waals surface area contributed by atoms with Gasteiger partial charge in [-0.25, -0.2) is 14.4 Å². The molecule has 0 aromatic heterocycles. The van der Waals surface area contributed by atoms with Gasteiger partial charge < -0.3 is 50.8 Å². The maximum atomic E-state index is 13.5. The van der Waals surface area contributed by atoms with Crippen LogP contribution in [0.3, 0.4) is 0 Å². The molecule has 6 atom stereocenters. The fourth-order valence-corrected chi connectivity index (χ4v) is 6.46. The van der Waals surface area contributed by atoms with E-state index in [1.165, 1.54) is 46.1 Å². The lowest BCUT2D eigenvalue weighted by Crippen LogP contribution is -2.77. The van der Waals surface area contributed by atoms with Crippen molar-refractivity contribution in [3.05, 3.63) is 95.1 Å². The van der Waals surface area contributed by atoms with E-state index in [2.05, 4.69) is 16.0 Å². The molecular formula is C36H44N4O10. The summed E-state index contributed by atoms with van der Waals surface area (Å²) < 4.78 is 11.1. The van der Waals surface area contributed by atoms with Gasteiger partial charge in [0.25, 0.3) is 0 Å². The van der Waals surface area contributed by atoms with Gasteiger partial charge in [0.1, 0.15) is 35.7 Å². The quantitative estimate of drug-likeness (QED) is 0.115. The lowest BCUT2D eigenvalue weighted by molar-refractivity contribution is -0.186. The smallest absolute Gasteiger partial charge is 0.407 e. The fourth-order valence-electron chi connectivity index (χ4n) is 6.46. The number of aryl methyl sites for hydroxylation is 1. The Bertz CT molecular complexity index is 1710. The highest BCUT2D eigenvalue weighted by molar-refractivity contribution is 5.95. The lowest BCUT2D eigenvalue weighted by Gasteiger charge is -2.49. The molecular weight excluding hydrogens is 648 g/mol. The summed E-state index contributed by atoms with van der Waals surface area (Å²) in [6.07, 6.45) is -2.73. The van der Waals surface area contributed by atoms with Crippen molar-refractivity contribution in [1.29, 1.82) is 0 Å². The van der Waals surface area contributed by atoms with E-state index in [1.54, 1.807) is 61.5 Å². The minimum atomic E-state index is -2.62. The van der Waals surface area contributed by atoms with Crippen molar-refractivity contribution in [3.63, 3.8) is 0 Å². The van der Waals surface area contributed by atoms with Crippen LogP contribution in [-0.4, -0.2) is 105 Å². The van der Waals surface area contributed by atoms with E-state index in [9.17, 15) is 39.6 Å². The molecule has 1 saturated carbocycles. The average molecular weight is 693 g/mol. The molecule has 1 aliphatic rings. The number of ketones is 1. The molecule has 3 aromatic rings. The average Bonchev–Trinajstić information content (AvgIpc) is 3.19. The van der Waals surface area contributed by atoms with Crippen molar-refractivity contribution in [2.45, 2.75) is 69.2 Å². The molecule has 268 valence electrons. The van der Waals surface area contributed by atoms with Crippen LogP contribution in [0.1, 0.15) is 52.6 Å². The first kappa shape index (κ1) is 37.6. The second-order valence-electron chi connectivity index (χ2n) is 12.9. The number of carbonyl (C=O) groups is 4. The lowest BCUT2D eigenvalue weighted by atomic mass is 9.73. The number of phenolic OH excluding ortho intramolecular Hbond substituents is 1. The van der Waals surface area contributed by atoms with Crippen molar-refractivity contribution in [2.75, 3.05) is 26.0 Å². The van der Waals surface area contributed by atoms with Crippen LogP contribution in [0.5, 0.6) is 5.75 Å². The van der Waals surface area contributed by atoms with Crippen molar-refractivity contribution < 1.29 is 49.1 Å². The first-order valence-electron chi connectivity index (χ1n) is 15.9. The van der Waals surface area contributed by atoms with Gasteiger partial charge in [-0.2, -0.15) is 0 Å². The van der Waals surface area contributed by atoms with Crippen molar-refractivity contribution in [3.8, 4) is 5.75 Å². The Labute approximate surface area is 290 Å². The molecule has 0 radical (unpaired) electrons. The molecule has 50 heavy (non-hydrogen) atoms. The van der Waals surface area contributed by atoms with Gasteiger partial charge >= 0.3 is 18.1 Å². The standard InChI is InChI=1S/C36H44N4O10/c1-21-12-10-17-27(43)28(21)31(44)50-20-35(48)29(37-26-16-11-15-25(18-26)22(2)41)30(38-33(46)49-19-24-13-8-7-9-14-24)36(23(3)42,34(35,4)47)39-32(45)40(5)6/h7-18,23,29-30,37,42-43,47-48H,19-20H2,1-6H3,(H,38,46)(H,39,45)/t23-,29-,30-,34-,35+,36-/m0/s1. The molecule has 7 N–H and O–H groups in total. The number of aromatic hydroxyl groups is 1. The summed E-state index contributed by atoms with van der Waals surface area (Å²) in [5.74, 6) is -1.70. The maximum Gasteiger partial charge on any atom is 0.407 e. The van der Waals surface area contributed by atoms with Crippen LogP contribution in [0.2, 0.25) is 0 Å². The highest BCUT2D eigenvalue weighted by atomic mass is 16.6. The number of benzene rings is 3. The molecule has 3 amide bonds. The summed E-state index contributed by atoms with van der Waals surface area (Å²) in [6, 6.07) is 15.3. The number of esters is 1. The van der Waals surface area contributed by atoms with E-state index >= 15 is 0 Å². The maximum absolute atomic E-state index is 13.5. The summed E-state index contributed by atoms with van der Waals surface area (Å²) in [4.78, 5) is 53.6. The number of phenols is 1. The zero-order valence-electron chi connectivity index (χ0n) is 28.8. The monoisotopic (exact) mass is 692 g/mol. The Kier molecular flexibility index (Phi) is 11.1. The SMILES string of the molecule is CC(=O)c1cccc(N[C@H]2[C@H](NC(=O)OCc3ccccc3)[C@@](NC(=O)N(C)C)([C@H](C)O)[C@@](C)(O)[C@@]2(O)COC(=O)c2c(C)cccc2O)c1. The zero-order chi connectivity index (χ0) is 37.0. The van der Waals surface area contributed by atoms with Crippen molar-refractivity contribution in [1.82, 2.24) is 15.5 Å². The minimum absolute atomic E-state index is 0.165. The first-order valence-corrected chi connectivity index (χ1v) is 15.9. The molecule has 1 fully saturated rings. The molecule has 14 nitrogen and oxygen atoms in total. The van der Waals surface area contributed by atoms with Gasteiger partial charge in [-0.3, -0.25) is 4.79 Å². The number of alkyl carbamates (subject to hydrolysis) is 1. The number of Topliss-reactive ketones (excluding diaryl/α,β-unsaturated/α-hetero) is 1. The van der Waals surface area contributed by atoms with E-state index in [4.69, 9.17) is 9.47 Å². The van der Waals surface area contributed by atoms with Crippen LogP contribution in [0, 0.1) is 6.92 Å². The number of ether oxygens (including phenoxy) is 2. The number of carbonyl (C=O) groups excluding carboxylic acids is 4. The summed E-state index contributed by atoms with van der Waals surface area (Å²) in [7, 11) is 2.83. The number of rotatable bonds is 11. The van der Waals surface area contributed by atoms with Gasteiger partial charge in [0.2, 0.25) is 0 Å². The second kappa shape index (κ2) is 14.7. The molecule has 0 bridgehead atoms. The molecule has 0 aliphatic heterocycles. The number of hydrogen-bond donors (Lipinski definition) is 7. The topological polar surface area (TPSA) is 207 Å². The Morgan fingerprint density at radius 2 is 1.60 bits per heavy atom. The number of hydrogen-bond acceptors (Lipinski definition) is 11. The minimum Gasteiger partial charge on any atom is -0.507 e. The number of aliphatic hydroxyl groups is 3. The van der Waals surface area contributed by atoms with Gasteiger partial charge in [0, 0.05) is 25.3 Å². The van der Waals surface area contributed by atoms with Gasteiger partial charge in [-0.15, -0.1) is 0 Å². The number of anilines is 1. The van der Waals surface area contributed by atoms with Crippen LogP contribution in [0.25, 0.3) is 0 Å². The second-order valence-corrected chi connectivity index (χ2v) is 12.9. The predicted octanol–water partition coefficient (Wildman–Crippen LogP) is 2.72. The summed E-state index contributed by atoms with van der Waals surface area (Å²) >= 11 is 0. The first-order chi connectivity index (χ1) is 23.5. The van der Waals surface area contributed by atoms with E-state index in [-0.39, 0.29) is 29.4 Å². The zero-order valence-corrected chi connectivity index (χ0v) is 28.8. The third kappa shape index (κ3) is 7.08. The van der Waals surface area contributed by atoms with Crippen LogP contribution in [0.15, 0.2) is 72.8 Å². The van der Waals surface area contributed by atoms with Crippen LogP contribution in [0.4, 0.5) is 15.3 Å². The highest BCUT2D eigenvalue weighted by Crippen LogP contribution is 2.50. The number of nitrogens with one attached hydrogen (secondary N) is 3. The van der Waals surface area contributed by atoms with E-state index < -0.39 is 59.6 Å². The van der Waals surface area contributed by atoms with E-state index in [0.29, 0.717) is 16.7 Å². The van der Waals surface area contributed by atoms with Gasteiger partial charge in [0.15, 0.2) is 11.4 Å².